The Morgan fingerprint density at radius 3 is 2.65 bits per heavy atom. The van der Waals surface area contributed by atoms with Crippen LogP contribution in [0, 0.1) is 18.7 Å². The van der Waals surface area contributed by atoms with Crippen LogP contribution in [0.25, 0.3) is 11.4 Å². The average molecular weight is 496 g/mol. The van der Waals surface area contributed by atoms with Gasteiger partial charge >= 0.3 is 0 Å². The van der Waals surface area contributed by atoms with Crippen LogP contribution in [0.15, 0.2) is 59.1 Å². The first-order valence-electron chi connectivity index (χ1n) is 11.0. The largest absolute Gasteiger partial charge is 0.326 e. The van der Waals surface area contributed by atoms with Gasteiger partial charge in [-0.25, -0.2) is 9.37 Å². The molecule has 0 saturated carbocycles. The van der Waals surface area contributed by atoms with Crippen LogP contribution < -0.4 is 5.32 Å². The summed E-state index contributed by atoms with van der Waals surface area (Å²) in [5.41, 5.74) is 3.24. The Balaban J connectivity index is 1.41. The number of halogens is 1. The highest BCUT2D eigenvalue weighted by molar-refractivity contribution is 7.98. The maximum absolute atomic E-state index is 14.4. The van der Waals surface area contributed by atoms with E-state index in [0.717, 1.165) is 27.1 Å². The van der Waals surface area contributed by atoms with Gasteiger partial charge in [-0.15, -0.1) is 21.5 Å². The summed E-state index contributed by atoms with van der Waals surface area (Å²) in [5.74, 6) is 1.05. The molecular weight excluding hydrogens is 469 g/mol. The predicted octanol–water partition coefficient (Wildman–Crippen LogP) is 5.98. The normalized spacial score (nSPS) is 11.2. The van der Waals surface area contributed by atoms with Gasteiger partial charge < -0.3 is 9.88 Å². The van der Waals surface area contributed by atoms with Crippen molar-refractivity contribution in [3.05, 3.63) is 76.0 Å². The Labute approximate surface area is 206 Å². The zero-order valence-electron chi connectivity index (χ0n) is 19.3. The fraction of sp³-hybridized carbons (Fsp3) is 0.280. The molecule has 0 atom stereocenters. The van der Waals surface area contributed by atoms with Crippen molar-refractivity contribution in [2.24, 2.45) is 5.92 Å². The fourth-order valence-corrected chi connectivity index (χ4v) is 5.12. The molecule has 0 aliphatic rings. The van der Waals surface area contributed by atoms with E-state index in [-0.39, 0.29) is 18.1 Å². The molecule has 4 rings (SSSR count). The number of carbonyl (C=O) groups is 1. The smallest absolute Gasteiger partial charge is 0.231 e. The summed E-state index contributed by atoms with van der Waals surface area (Å²) < 4.78 is 16.4. The molecule has 2 aromatic carbocycles. The molecule has 9 heteroatoms. The Kier molecular flexibility index (Phi) is 7.74. The van der Waals surface area contributed by atoms with Gasteiger partial charge in [0, 0.05) is 23.4 Å². The first-order chi connectivity index (χ1) is 16.4. The van der Waals surface area contributed by atoms with E-state index < -0.39 is 0 Å². The first kappa shape index (κ1) is 24.1. The molecule has 2 heterocycles. The Morgan fingerprint density at radius 1 is 1.15 bits per heavy atom. The van der Waals surface area contributed by atoms with E-state index in [0.29, 0.717) is 29.6 Å². The van der Waals surface area contributed by atoms with Gasteiger partial charge in [0.05, 0.1) is 17.7 Å². The van der Waals surface area contributed by atoms with Gasteiger partial charge in [-0.1, -0.05) is 55.4 Å². The lowest BCUT2D eigenvalue weighted by Gasteiger charge is -2.12. The van der Waals surface area contributed by atoms with Crippen molar-refractivity contribution in [2.45, 2.75) is 44.6 Å². The number of nitrogens with zero attached hydrogens (tertiary/aromatic N) is 4. The monoisotopic (exact) mass is 495 g/mol. The summed E-state index contributed by atoms with van der Waals surface area (Å²) in [5, 5.41) is 15.0. The molecular formula is C25H26FN5OS2. The lowest BCUT2D eigenvalue weighted by Crippen LogP contribution is -2.14. The van der Waals surface area contributed by atoms with Crippen LogP contribution in [0.1, 0.15) is 30.1 Å². The maximum Gasteiger partial charge on any atom is 0.231 e. The first-order valence-corrected chi connectivity index (χ1v) is 12.9. The van der Waals surface area contributed by atoms with E-state index in [1.165, 1.54) is 29.2 Å². The number of hydrogen-bond donors (Lipinski definition) is 1. The third-order valence-electron chi connectivity index (χ3n) is 4.97. The number of amides is 1. The molecule has 0 bridgehead atoms. The molecule has 176 valence electrons. The quantitative estimate of drug-likeness (QED) is 0.289. The highest BCUT2D eigenvalue weighted by Crippen LogP contribution is 2.29. The van der Waals surface area contributed by atoms with Gasteiger partial charge in [0.1, 0.15) is 10.8 Å². The van der Waals surface area contributed by atoms with Crippen LogP contribution in [0.5, 0.6) is 0 Å². The minimum absolute atomic E-state index is 0.0939. The second kappa shape index (κ2) is 10.9. The number of nitrogens with one attached hydrogen (secondary N) is 1. The topological polar surface area (TPSA) is 72.7 Å². The summed E-state index contributed by atoms with van der Waals surface area (Å²) in [6.07, 6.45) is 0.226. The van der Waals surface area contributed by atoms with Gasteiger partial charge in [0.25, 0.3) is 0 Å². The molecule has 0 saturated heterocycles. The second-order valence-electron chi connectivity index (χ2n) is 8.40. The highest BCUT2D eigenvalue weighted by atomic mass is 32.2. The lowest BCUT2D eigenvalue weighted by atomic mass is 10.2. The molecule has 0 unspecified atom stereocenters. The van der Waals surface area contributed by atoms with E-state index in [1.54, 1.807) is 18.2 Å². The van der Waals surface area contributed by atoms with Gasteiger partial charge in [-0.05, 0) is 37.1 Å². The zero-order chi connectivity index (χ0) is 24.1. The molecule has 0 radical (unpaired) electrons. The number of aryl methyl sites for hydroxylation is 1. The number of thiazole rings is 1. The average Bonchev–Trinajstić information content (AvgIpc) is 3.40. The van der Waals surface area contributed by atoms with Crippen molar-refractivity contribution in [1.82, 2.24) is 19.7 Å². The molecule has 0 aliphatic carbocycles. The van der Waals surface area contributed by atoms with Crippen LogP contribution in [0.4, 0.5) is 10.1 Å². The maximum atomic E-state index is 14.4. The van der Waals surface area contributed by atoms with E-state index in [2.05, 4.69) is 34.3 Å². The van der Waals surface area contributed by atoms with Crippen LogP contribution in [0.3, 0.4) is 0 Å². The second-order valence-corrected chi connectivity index (χ2v) is 10.3. The van der Waals surface area contributed by atoms with E-state index in [4.69, 9.17) is 0 Å². The number of aromatic nitrogens is 4. The summed E-state index contributed by atoms with van der Waals surface area (Å²) >= 11 is 2.98. The molecule has 0 fully saturated rings. The van der Waals surface area contributed by atoms with Gasteiger partial charge in [0.2, 0.25) is 5.91 Å². The Morgan fingerprint density at radius 2 is 1.91 bits per heavy atom. The number of benzene rings is 2. The Hall–Kier alpha value is -3.04. The van der Waals surface area contributed by atoms with Gasteiger partial charge in [0.15, 0.2) is 11.0 Å². The van der Waals surface area contributed by atoms with E-state index in [9.17, 15) is 9.18 Å². The van der Waals surface area contributed by atoms with Crippen LogP contribution in [0.2, 0.25) is 0 Å². The molecule has 1 amide bonds. The number of rotatable bonds is 9. The van der Waals surface area contributed by atoms with Crippen molar-refractivity contribution in [2.75, 3.05) is 5.32 Å². The number of hydrogen-bond acceptors (Lipinski definition) is 6. The van der Waals surface area contributed by atoms with Gasteiger partial charge in [-0.3, -0.25) is 4.79 Å². The molecule has 1 N–H and O–H groups in total. The van der Waals surface area contributed by atoms with Gasteiger partial charge in [-0.2, -0.15) is 0 Å². The SMILES string of the molecule is Cc1ccc(NC(=O)Cc2nc(CSc3nnc(-c4ccccc4F)n3CC(C)C)cs2)cc1. The van der Waals surface area contributed by atoms with Crippen molar-refractivity contribution >= 4 is 34.7 Å². The molecule has 34 heavy (non-hydrogen) atoms. The minimum atomic E-state index is -0.315. The number of thioether (sulfide) groups is 1. The van der Waals surface area contributed by atoms with Crippen LogP contribution in [-0.2, 0) is 23.5 Å². The molecule has 6 nitrogen and oxygen atoms in total. The summed E-state index contributed by atoms with van der Waals surface area (Å²) in [4.78, 5) is 17.0. The minimum Gasteiger partial charge on any atom is -0.326 e. The van der Waals surface area contributed by atoms with Crippen molar-refractivity contribution in [3.63, 3.8) is 0 Å². The number of anilines is 1. The van der Waals surface area contributed by atoms with Crippen LogP contribution >= 0.6 is 23.1 Å². The van der Waals surface area contributed by atoms with Crippen LogP contribution in [-0.4, -0.2) is 25.7 Å². The van der Waals surface area contributed by atoms with Crippen molar-refractivity contribution < 1.29 is 9.18 Å². The third-order valence-corrected chi connectivity index (χ3v) is 6.87. The van der Waals surface area contributed by atoms with Crippen molar-refractivity contribution in [1.29, 1.82) is 0 Å². The summed E-state index contributed by atoms with van der Waals surface area (Å²) in [6.45, 7) is 6.90. The van der Waals surface area contributed by atoms with E-state index in [1.807, 2.05) is 41.1 Å². The highest BCUT2D eigenvalue weighted by Gasteiger charge is 2.18. The van der Waals surface area contributed by atoms with E-state index >= 15 is 0 Å². The van der Waals surface area contributed by atoms with Crippen molar-refractivity contribution in [3.8, 4) is 11.4 Å². The predicted molar refractivity (Wildman–Crippen MR) is 135 cm³/mol. The third kappa shape index (κ3) is 6.09. The standard InChI is InChI=1S/C25H26FN5OS2/c1-16(2)13-31-24(20-6-4-5-7-21(20)26)29-30-25(31)34-15-19-14-33-23(28-19)12-22(32)27-18-10-8-17(3)9-11-18/h4-11,14,16H,12-13,15H2,1-3H3,(H,27,32). The molecule has 4 aromatic rings. The lowest BCUT2D eigenvalue weighted by molar-refractivity contribution is -0.115. The zero-order valence-corrected chi connectivity index (χ0v) is 20.9. The summed E-state index contributed by atoms with van der Waals surface area (Å²) in [7, 11) is 0. The Bertz CT molecular complexity index is 1270. The molecule has 2 aromatic heterocycles. The summed E-state index contributed by atoms with van der Waals surface area (Å²) in [6, 6.07) is 14.3. The number of carbonyl (C=O) groups excluding carboxylic acids is 1. The molecule has 0 spiro atoms. The molecule has 0 aliphatic heterocycles. The fourth-order valence-electron chi connectivity index (χ4n) is 3.38.